The van der Waals surface area contributed by atoms with Crippen LogP contribution in [0.2, 0.25) is 0 Å². The van der Waals surface area contributed by atoms with Crippen molar-refractivity contribution >= 4 is 5.57 Å². The van der Waals surface area contributed by atoms with Crippen LogP contribution in [-0.4, -0.2) is 26.4 Å². The molecule has 0 aliphatic heterocycles. The van der Waals surface area contributed by atoms with E-state index in [9.17, 15) is 0 Å². The van der Waals surface area contributed by atoms with Gasteiger partial charge in [0.2, 0.25) is 0 Å². The molecular weight excluding hydrogens is 457 g/mol. The van der Waals surface area contributed by atoms with E-state index in [1.807, 2.05) is 12.3 Å². The summed E-state index contributed by atoms with van der Waals surface area (Å²) in [7, 11) is 0. The SMILES string of the molecule is CC(C)(O)C(C)(C)O.[C-]1=C(c2ccccn2)C2CCC1C2.[Pt]. The molecule has 2 N–H and O–H groups in total. The van der Waals surface area contributed by atoms with E-state index < -0.39 is 11.2 Å². The van der Waals surface area contributed by atoms with E-state index in [2.05, 4.69) is 23.2 Å². The summed E-state index contributed by atoms with van der Waals surface area (Å²) in [6.45, 7) is 6.31. The number of nitrogens with zero attached hydrogens (tertiary/aromatic N) is 1. The van der Waals surface area contributed by atoms with Gasteiger partial charge in [-0.2, -0.15) is 5.57 Å². The number of aliphatic hydroxyl groups is 2. The summed E-state index contributed by atoms with van der Waals surface area (Å²) in [6.07, 6.45) is 9.46. The molecule has 0 radical (unpaired) electrons. The molecule has 2 atom stereocenters. The van der Waals surface area contributed by atoms with Gasteiger partial charge in [-0.25, -0.2) is 0 Å². The van der Waals surface area contributed by atoms with E-state index in [0.717, 1.165) is 17.5 Å². The van der Waals surface area contributed by atoms with Gasteiger partial charge < -0.3 is 15.2 Å². The number of allylic oxidation sites excluding steroid dienone is 2. The van der Waals surface area contributed by atoms with E-state index in [0.29, 0.717) is 0 Å². The minimum absolute atomic E-state index is 0. The number of hydrogen-bond donors (Lipinski definition) is 2. The van der Waals surface area contributed by atoms with Gasteiger partial charge in [0.05, 0.1) is 11.2 Å². The Labute approximate surface area is 148 Å². The molecule has 2 aliphatic carbocycles. The van der Waals surface area contributed by atoms with Gasteiger partial charge in [-0.05, 0) is 39.7 Å². The van der Waals surface area contributed by atoms with Crippen molar-refractivity contribution in [2.75, 3.05) is 0 Å². The second-order valence-electron chi connectivity index (χ2n) is 7.10. The zero-order valence-corrected chi connectivity index (χ0v) is 16.0. The Hall–Kier alpha value is -0.502. The molecule has 22 heavy (non-hydrogen) atoms. The van der Waals surface area contributed by atoms with Crippen LogP contribution >= 0.6 is 0 Å². The molecule has 0 amide bonds. The molecule has 0 saturated heterocycles. The fraction of sp³-hybridized carbons (Fsp3) is 0.611. The third kappa shape index (κ3) is 4.75. The van der Waals surface area contributed by atoms with Gasteiger partial charge in [-0.15, -0.1) is 6.07 Å². The van der Waals surface area contributed by atoms with Gasteiger partial charge in [0.15, 0.2) is 0 Å². The molecule has 2 bridgehead atoms. The zero-order valence-electron chi connectivity index (χ0n) is 13.7. The number of fused-ring (bicyclic) bond motifs is 2. The first-order valence-corrected chi connectivity index (χ1v) is 7.68. The van der Waals surface area contributed by atoms with Crippen molar-refractivity contribution in [3.63, 3.8) is 0 Å². The minimum atomic E-state index is -1.01. The van der Waals surface area contributed by atoms with Crippen LogP contribution in [0.3, 0.4) is 0 Å². The maximum absolute atomic E-state index is 9.10. The van der Waals surface area contributed by atoms with Crippen molar-refractivity contribution in [1.29, 1.82) is 0 Å². The molecule has 0 aromatic carbocycles. The Morgan fingerprint density at radius 1 is 1.09 bits per heavy atom. The molecule has 2 aliphatic rings. The van der Waals surface area contributed by atoms with E-state index in [1.54, 1.807) is 27.7 Å². The molecule has 3 rings (SSSR count). The summed E-state index contributed by atoms with van der Waals surface area (Å²) in [5, 5.41) is 18.2. The molecule has 1 aromatic rings. The second-order valence-corrected chi connectivity index (χ2v) is 7.10. The maximum atomic E-state index is 9.10. The second kappa shape index (κ2) is 7.38. The maximum Gasteiger partial charge on any atom is 0.0872 e. The van der Waals surface area contributed by atoms with Crippen LogP contribution in [0, 0.1) is 17.9 Å². The number of rotatable bonds is 2. The fourth-order valence-electron chi connectivity index (χ4n) is 2.52. The predicted octanol–water partition coefficient (Wildman–Crippen LogP) is 3.22. The third-order valence-electron chi connectivity index (χ3n) is 4.64. The molecule has 0 spiro atoms. The van der Waals surface area contributed by atoms with E-state index in [1.165, 1.54) is 24.8 Å². The summed E-state index contributed by atoms with van der Waals surface area (Å²) >= 11 is 0. The van der Waals surface area contributed by atoms with Crippen molar-refractivity contribution in [2.24, 2.45) is 11.8 Å². The van der Waals surface area contributed by atoms with Crippen LogP contribution in [0.4, 0.5) is 0 Å². The van der Waals surface area contributed by atoms with E-state index >= 15 is 0 Å². The molecular formula is C18H26NO2Pt-. The Balaban J connectivity index is 0.000000238. The summed E-state index contributed by atoms with van der Waals surface area (Å²) < 4.78 is 0. The third-order valence-corrected chi connectivity index (χ3v) is 4.64. The van der Waals surface area contributed by atoms with Crippen molar-refractivity contribution in [2.45, 2.75) is 58.2 Å². The van der Waals surface area contributed by atoms with Gasteiger partial charge in [0.25, 0.3) is 0 Å². The molecule has 4 heteroatoms. The first-order valence-electron chi connectivity index (χ1n) is 7.68. The predicted molar refractivity (Wildman–Crippen MR) is 84.3 cm³/mol. The van der Waals surface area contributed by atoms with Gasteiger partial charge in [0, 0.05) is 27.3 Å². The Morgan fingerprint density at radius 3 is 2.09 bits per heavy atom. The molecule has 2 unspecified atom stereocenters. The Morgan fingerprint density at radius 2 is 1.73 bits per heavy atom. The van der Waals surface area contributed by atoms with Crippen molar-refractivity contribution < 1.29 is 31.3 Å². The van der Waals surface area contributed by atoms with Crippen LogP contribution in [0.25, 0.3) is 5.57 Å². The van der Waals surface area contributed by atoms with Crippen LogP contribution < -0.4 is 0 Å². The van der Waals surface area contributed by atoms with Crippen LogP contribution in [-0.2, 0) is 21.1 Å². The molecule has 3 nitrogen and oxygen atoms in total. The average molecular weight is 483 g/mol. The first-order chi connectivity index (χ1) is 9.68. The zero-order chi connectivity index (χ0) is 15.7. The van der Waals surface area contributed by atoms with Crippen molar-refractivity contribution in [1.82, 2.24) is 4.98 Å². The van der Waals surface area contributed by atoms with Gasteiger partial charge >= 0.3 is 0 Å². The average Bonchev–Trinajstić information content (AvgIpc) is 3.00. The van der Waals surface area contributed by atoms with Crippen LogP contribution in [0.5, 0.6) is 0 Å². The molecule has 1 fully saturated rings. The fourth-order valence-corrected chi connectivity index (χ4v) is 2.52. The number of aromatic nitrogens is 1. The molecule has 1 saturated carbocycles. The van der Waals surface area contributed by atoms with Crippen molar-refractivity contribution in [3.05, 3.63) is 36.2 Å². The standard InChI is InChI=1S/C12H12N.C6H14O2.Pt/c1-2-6-13-12(3-1)11-8-9-4-5-10(11)7-9;1-5(2,7)6(3,4)8;/h1-3,6,9-10H,4-5,7H2;7-8H,1-4H3;/q-1;;. The Kier molecular flexibility index (Phi) is 6.56. The topological polar surface area (TPSA) is 53.4 Å². The minimum Gasteiger partial charge on any atom is -0.387 e. The smallest absolute Gasteiger partial charge is 0.0872 e. The van der Waals surface area contributed by atoms with Crippen LogP contribution in [0.15, 0.2) is 24.4 Å². The monoisotopic (exact) mass is 483 g/mol. The summed E-state index contributed by atoms with van der Waals surface area (Å²) in [4.78, 5) is 4.38. The van der Waals surface area contributed by atoms with Gasteiger partial charge in [0.1, 0.15) is 0 Å². The summed E-state index contributed by atoms with van der Waals surface area (Å²) in [5.41, 5.74) is 0.520. The molecule has 1 aromatic heterocycles. The van der Waals surface area contributed by atoms with E-state index in [4.69, 9.17) is 10.2 Å². The largest absolute Gasteiger partial charge is 0.387 e. The van der Waals surface area contributed by atoms with Crippen molar-refractivity contribution in [3.8, 4) is 0 Å². The normalized spacial score (nSPS) is 23.3. The van der Waals surface area contributed by atoms with Gasteiger partial charge in [-0.3, -0.25) is 6.08 Å². The Bertz CT molecular complexity index is 488. The molecule has 1 heterocycles. The quantitative estimate of drug-likeness (QED) is 0.636. The van der Waals surface area contributed by atoms with E-state index in [-0.39, 0.29) is 21.1 Å². The summed E-state index contributed by atoms with van der Waals surface area (Å²) in [5.74, 6) is 1.50. The number of pyridine rings is 1. The molecule has 126 valence electrons. The van der Waals surface area contributed by atoms with Crippen LogP contribution in [0.1, 0.15) is 52.7 Å². The summed E-state index contributed by atoms with van der Waals surface area (Å²) in [6, 6.07) is 6.13. The number of hydrogen-bond acceptors (Lipinski definition) is 3. The van der Waals surface area contributed by atoms with Gasteiger partial charge in [-0.1, -0.05) is 36.9 Å². The first kappa shape index (κ1) is 19.5.